The fourth-order valence-electron chi connectivity index (χ4n) is 8.17. The molecule has 2 aliphatic heterocycles. The fraction of sp³-hybridized carbons (Fsp3) is 0.429. The fourth-order valence-corrected chi connectivity index (χ4v) is 9.93. The summed E-state index contributed by atoms with van der Waals surface area (Å²) in [7, 11) is -4.26. The molecule has 2 saturated carbocycles. The smallest absolute Gasteiger partial charge is 0.408 e. The minimum atomic E-state index is -4.26. The molecule has 1 saturated heterocycles. The number of para-hydroxylation sites is 2. The first-order valence-electron chi connectivity index (χ1n) is 20.0. The number of fused-ring (bicyclic) bond motifs is 3. The molecule has 1 unspecified atom stereocenters. The molecule has 58 heavy (non-hydrogen) atoms. The standard InChI is InChI=1S/C42H46N6O8S2/c49-37-34-24-29(55-38-36(35-22-13-23-57-35)43-31-19-11-12-20-32(31)44-38)26-48(34)39(50)33(45-41(52)56-28-15-9-10-16-28)21-8-3-1-2-5-14-27-25-42(27,46-37)40(51)47-58(53,54)30-17-6-4-7-18-30/h4-7,11-14,17-20,22-23,27-29,33-34H,1-3,8-10,15-16,21,24-26H2,(H,45,52)(H,46,49)(H,47,51)/b14-5-/t27?,29-,33+,34+,42-/m1/s1. The van der Waals surface area contributed by atoms with Crippen LogP contribution in [0, 0.1) is 5.92 Å². The molecule has 2 aliphatic carbocycles. The molecule has 304 valence electrons. The van der Waals surface area contributed by atoms with Gasteiger partial charge in [-0.25, -0.2) is 27.9 Å². The summed E-state index contributed by atoms with van der Waals surface area (Å²) in [6, 6.07) is 16.6. The largest absolute Gasteiger partial charge is 0.471 e. The van der Waals surface area contributed by atoms with Crippen LogP contribution in [0.25, 0.3) is 21.6 Å². The molecule has 2 aromatic heterocycles. The van der Waals surface area contributed by atoms with Crippen molar-refractivity contribution >= 4 is 56.2 Å². The number of allylic oxidation sites excluding steroid dienone is 1. The molecule has 3 fully saturated rings. The average Bonchev–Trinajstić information content (AvgIpc) is 3.72. The van der Waals surface area contributed by atoms with E-state index in [1.54, 1.807) is 18.2 Å². The number of aromatic nitrogens is 2. The highest BCUT2D eigenvalue weighted by Crippen LogP contribution is 2.46. The maximum absolute atomic E-state index is 14.7. The highest BCUT2D eigenvalue weighted by Gasteiger charge is 2.61. The van der Waals surface area contributed by atoms with Crippen LogP contribution in [-0.2, 0) is 29.1 Å². The van der Waals surface area contributed by atoms with E-state index in [9.17, 15) is 27.6 Å². The van der Waals surface area contributed by atoms with Crippen LogP contribution in [0.2, 0.25) is 0 Å². The Bertz CT molecular complexity index is 2300. The molecule has 0 radical (unpaired) electrons. The van der Waals surface area contributed by atoms with Gasteiger partial charge in [0.1, 0.15) is 35.5 Å². The topological polar surface area (TPSA) is 186 Å². The molecule has 2 aromatic carbocycles. The predicted molar refractivity (Wildman–Crippen MR) is 216 cm³/mol. The van der Waals surface area contributed by atoms with E-state index in [-0.39, 0.29) is 36.3 Å². The lowest BCUT2D eigenvalue weighted by Gasteiger charge is -2.30. The van der Waals surface area contributed by atoms with Gasteiger partial charge in [-0.2, -0.15) is 0 Å². The van der Waals surface area contributed by atoms with Crippen LogP contribution in [0.15, 0.2) is 89.2 Å². The third-order valence-electron chi connectivity index (χ3n) is 11.4. The Morgan fingerprint density at radius 2 is 1.62 bits per heavy atom. The van der Waals surface area contributed by atoms with Crippen molar-refractivity contribution in [1.82, 2.24) is 30.2 Å². The Balaban J connectivity index is 1.11. The van der Waals surface area contributed by atoms with E-state index in [0.29, 0.717) is 36.0 Å². The highest BCUT2D eigenvalue weighted by molar-refractivity contribution is 7.90. The van der Waals surface area contributed by atoms with Gasteiger partial charge in [-0.05, 0) is 87.1 Å². The van der Waals surface area contributed by atoms with Gasteiger partial charge >= 0.3 is 6.09 Å². The Labute approximate surface area is 340 Å². The summed E-state index contributed by atoms with van der Waals surface area (Å²) in [5, 5.41) is 7.64. The molecule has 5 atom stereocenters. The number of ether oxygens (including phenoxy) is 2. The zero-order chi connectivity index (χ0) is 40.3. The van der Waals surface area contributed by atoms with Gasteiger partial charge in [0.15, 0.2) is 0 Å². The van der Waals surface area contributed by atoms with E-state index in [1.807, 2.05) is 53.9 Å². The minimum absolute atomic E-state index is 0.0235. The Kier molecular flexibility index (Phi) is 11.5. The van der Waals surface area contributed by atoms with Gasteiger partial charge in [-0.3, -0.25) is 14.4 Å². The molecular weight excluding hydrogens is 781 g/mol. The Morgan fingerprint density at radius 1 is 0.879 bits per heavy atom. The SMILES string of the molecule is O=C(N[C@H]1CCCCC/C=C\C2C[C@@]2(C(=O)NS(=O)(=O)c2ccccc2)NC(=O)[C@@H]2C[C@@H](Oc3nc4ccccc4nc3-c3cccs3)CN2C1=O)OC1CCCC1. The second-order valence-corrected chi connectivity index (χ2v) is 18.0. The van der Waals surface area contributed by atoms with Crippen molar-refractivity contribution in [1.29, 1.82) is 0 Å². The summed E-state index contributed by atoms with van der Waals surface area (Å²) in [6.45, 7) is -0.0317. The van der Waals surface area contributed by atoms with Crippen molar-refractivity contribution < 1.29 is 37.1 Å². The van der Waals surface area contributed by atoms with E-state index in [0.717, 1.165) is 43.4 Å². The molecule has 4 heterocycles. The van der Waals surface area contributed by atoms with Crippen LogP contribution in [-0.4, -0.2) is 83.5 Å². The summed E-state index contributed by atoms with van der Waals surface area (Å²) in [5.74, 6) is -2.23. The van der Waals surface area contributed by atoms with E-state index < -0.39 is 63.5 Å². The number of nitrogens with one attached hydrogen (secondary N) is 3. The molecule has 8 rings (SSSR count). The predicted octanol–water partition coefficient (Wildman–Crippen LogP) is 5.64. The molecule has 4 aromatic rings. The first kappa shape index (κ1) is 39.5. The van der Waals surface area contributed by atoms with Gasteiger partial charge in [0, 0.05) is 12.3 Å². The number of amides is 4. The molecule has 3 N–H and O–H groups in total. The van der Waals surface area contributed by atoms with Crippen LogP contribution in [0.1, 0.15) is 70.6 Å². The molecule has 4 aliphatic rings. The summed E-state index contributed by atoms with van der Waals surface area (Å²) in [6.07, 6.45) is 8.99. The maximum Gasteiger partial charge on any atom is 0.408 e. The third kappa shape index (κ3) is 8.58. The number of thiophene rings is 1. The lowest BCUT2D eigenvalue weighted by Crippen LogP contribution is -2.58. The molecule has 0 spiro atoms. The highest BCUT2D eigenvalue weighted by atomic mass is 32.2. The number of benzene rings is 2. The van der Waals surface area contributed by atoms with Gasteiger partial charge in [0.05, 0.1) is 27.4 Å². The second kappa shape index (κ2) is 16.9. The van der Waals surface area contributed by atoms with Crippen molar-refractivity contribution in [3.05, 3.63) is 84.3 Å². The molecule has 14 nitrogen and oxygen atoms in total. The third-order valence-corrected chi connectivity index (χ3v) is 13.6. The maximum atomic E-state index is 14.7. The normalized spacial score (nSPS) is 26.0. The van der Waals surface area contributed by atoms with E-state index >= 15 is 0 Å². The van der Waals surface area contributed by atoms with Crippen LogP contribution in [0.5, 0.6) is 5.88 Å². The monoisotopic (exact) mass is 826 g/mol. The number of alkyl carbamates (subject to hydrolysis) is 1. The van der Waals surface area contributed by atoms with Crippen LogP contribution < -0.4 is 20.1 Å². The van der Waals surface area contributed by atoms with Crippen molar-refractivity contribution in [3.63, 3.8) is 0 Å². The average molecular weight is 827 g/mol. The number of sulfonamides is 1. The van der Waals surface area contributed by atoms with Gasteiger partial charge < -0.3 is 25.0 Å². The number of hydrogen-bond acceptors (Lipinski definition) is 11. The number of carbonyl (C=O) groups is 4. The number of nitrogens with zero attached hydrogens (tertiary/aromatic N) is 3. The quantitative estimate of drug-likeness (QED) is 0.188. The lowest BCUT2D eigenvalue weighted by atomic mass is 10.0. The first-order chi connectivity index (χ1) is 28.1. The van der Waals surface area contributed by atoms with Crippen LogP contribution >= 0.6 is 11.3 Å². The summed E-state index contributed by atoms with van der Waals surface area (Å²) >= 11 is 1.47. The number of hydrogen-bond donors (Lipinski definition) is 3. The van der Waals surface area contributed by atoms with Gasteiger partial charge in [0.2, 0.25) is 17.7 Å². The summed E-state index contributed by atoms with van der Waals surface area (Å²) in [4.78, 5) is 68.3. The van der Waals surface area contributed by atoms with Crippen LogP contribution in [0.4, 0.5) is 4.79 Å². The van der Waals surface area contributed by atoms with E-state index in [2.05, 4.69) is 15.4 Å². The second-order valence-electron chi connectivity index (χ2n) is 15.4. The summed E-state index contributed by atoms with van der Waals surface area (Å²) in [5.41, 5.74) is 0.222. The van der Waals surface area contributed by atoms with Crippen LogP contribution in [0.3, 0.4) is 0 Å². The van der Waals surface area contributed by atoms with E-state index in [4.69, 9.17) is 19.4 Å². The minimum Gasteiger partial charge on any atom is -0.471 e. The van der Waals surface area contributed by atoms with Crippen molar-refractivity contribution in [3.8, 4) is 16.5 Å². The Hall–Kier alpha value is -5.35. The van der Waals surface area contributed by atoms with Gasteiger partial charge in [-0.1, -0.05) is 61.4 Å². The van der Waals surface area contributed by atoms with E-state index in [1.165, 1.54) is 28.4 Å². The lowest BCUT2D eigenvalue weighted by molar-refractivity contribution is -0.141. The van der Waals surface area contributed by atoms with Crippen molar-refractivity contribution in [2.45, 2.75) is 105 Å². The van der Waals surface area contributed by atoms with Crippen molar-refractivity contribution in [2.75, 3.05) is 6.54 Å². The zero-order valence-corrected chi connectivity index (χ0v) is 33.5. The van der Waals surface area contributed by atoms with Gasteiger partial charge in [-0.15, -0.1) is 11.3 Å². The zero-order valence-electron chi connectivity index (χ0n) is 31.9. The van der Waals surface area contributed by atoms with Crippen molar-refractivity contribution in [2.24, 2.45) is 5.92 Å². The Morgan fingerprint density at radius 3 is 2.38 bits per heavy atom. The molecule has 0 bridgehead atoms. The van der Waals surface area contributed by atoms with Gasteiger partial charge in [0.25, 0.3) is 15.9 Å². The summed E-state index contributed by atoms with van der Waals surface area (Å²) < 4.78 is 41.1. The number of rotatable bonds is 8. The molecule has 4 amide bonds. The first-order valence-corrected chi connectivity index (χ1v) is 22.3. The molecular formula is C42H46N6O8S2. The molecule has 16 heteroatoms. The number of carbonyl (C=O) groups excluding carboxylic acids is 4.